The molecule has 2 aromatic carbocycles. The summed E-state index contributed by atoms with van der Waals surface area (Å²) in [5.74, 6) is 0.646. The van der Waals surface area contributed by atoms with Crippen molar-refractivity contribution in [1.82, 2.24) is 4.98 Å². The van der Waals surface area contributed by atoms with Gasteiger partial charge in [0.2, 0.25) is 0 Å². The highest BCUT2D eigenvalue weighted by Gasteiger charge is 2.15. The molecule has 3 aromatic rings. The molecule has 0 unspecified atom stereocenters. The Morgan fingerprint density at radius 1 is 0.842 bits per heavy atom. The molecule has 0 fully saturated rings. The van der Waals surface area contributed by atoms with Crippen LogP contribution in [0.3, 0.4) is 0 Å². The normalized spacial score (nSPS) is 10.6. The van der Waals surface area contributed by atoms with Gasteiger partial charge in [0, 0.05) is 16.1 Å². The summed E-state index contributed by atoms with van der Waals surface area (Å²) in [5, 5.41) is 0.768. The summed E-state index contributed by atoms with van der Waals surface area (Å²) in [6, 6.07) is 17.2. The second kappa shape index (κ2) is 5.08. The largest absolute Gasteiger partial charge is 0.427 e. The first-order valence-electron chi connectivity index (χ1n) is 5.72. The van der Waals surface area contributed by atoms with Gasteiger partial charge in [-0.1, -0.05) is 54.1 Å². The first kappa shape index (κ1) is 12.3. The summed E-state index contributed by atoms with van der Waals surface area (Å²) in [7, 11) is 0. The Morgan fingerprint density at radius 2 is 1.58 bits per heavy atom. The highest BCUT2D eigenvalue weighted by molar-refractivity contribution is 6.31. The number of nitrogens with zero attached hydrogens (tertiary/aromatic N) is 1. The van der Waals surface area contributed by atoms with E-state index in [1.807, 2.05) is 54.6 Å². The molecule has 0 aliphatic rings. The van der Waals surface area contributed by atoms with Crippen molar-refractivity contribution >= 4 is 23.2 Å². The summed E-state index contributed by atoms with van der Waals surface area (Å²) in [6.45, 7) is 0. The van der Waals surface area contributed by atoms with Crippen molar-refractivity contribution in [3.05, 3.63) is 65.0 Å². The number of rotatable bonds is 2. The second-order valence-corrected chi connectivity index (χ2v) is 4.78. The van der Waals surface area contributed by atoms with Crippen molar-refractivity contribution < 1.29 is 4.42 Å². The number of hydrogen-bond donors (Lipinski definition) is 0. The van der Waals surface area contributed by atoms with Crippen LogP contribution in [0.5, 0.6) is 0 Å². The average Bonchev–Trinajstić information content (AvgIpc) is 2.82. The van der Waals surface area contributed by atoms with Crippen molar-refractivity contribution in [3.8, 4) is 22.6 Å². The molecule has 0 aliphatic carbocycles. The topological polar surface area (TPSA) is 26.0 Å². The molecule has 0 saturated heterocycles. The van der Waals surface area contributed by atoms with E-state index in [2.05, 4.69) is 4.98 Å². The minimum atomic E-state index is 0.119. The lowest BCUT2D eigenvalue weighted by molar-refractivity contribution is 0.574. The van der Waals surface area contributed by atoms with Gasteiger partial charge in [0.25, 0.3) is 5.35 Å². The van der Waals surface area contributed by atoms with Crippen LogP contribution < -0.4 is 0 Å². The smallest absolute Gasteiger partial charge is 0.293 e. The quantitative estimate of drug-likeness (QED) is 0.638. The third-order valence-electron chi connectivity index (χ3n) is 2.74. The molecular weight excluding hydrogens is 281 g/mol. The zero-order valence-corrected chi connectivity index (χ0v) is 11.3. The highest BCUT2D eigenvalue weighted by atomic mass is 35.5. The Hall–Kier alpha value is -1.77. The fourth-order valence-electron chi connectivity index (χ4n) is 1.91. The molecule has 0 aliphatic heterocycles. The molecular formula is C15H9Cl2NO. The van der Waals surface area contributed by atoms with Gasteiger partial charge in [-0.25, -0.2) is 0 Å². The van der Waals surface area contributed by atoms with E-state index in [9.17, 15) is 0 Å². The molecule has 0 bridgehead atoms. The Bertz CT molecular complexity index is 707. The molecule has 0 atom stereocenters. The fourth-order valence-corrected chi connectivity index (χ4v) is 2.26. The van der Waals surface area contributed by atoms with Gasteiger partial charge in [0.15, 0.2) is 5.76 Å². The lowest BCUT2D eigenvalue weighted by Gasteiger charge is -2.01. The van der Waals surface area contributed by atoms with E-state index < -0.39 is 0 Å². The van der Waals surface area contributed by atoms with Gasteiger partial charge in [0.05, 0.1) is 0 Å². The number of aromatic nitrogens is 1. The average molecular weight is 290 g/mol. The molecule has 1 heterocycles. The van der Waals surface area contributed by atoms with Crippen LogP contribution in [0.4, 0.5) is 0 Å². The fraction of sp³-hybridized carbons (Fsp3) is 0. The minimum Gasteiger partial charge on any atom is -0.427 e. The Kier molecular flexibility index (Phi) is 3.28. The van der Waals surface area contributed by atoms with Crippen molar-refractivity contribution in [2.75, 3.05) is 0 Å². The van der Waals surface area contributed by atoms with Crippen LogP contribution >= 0.6 is 23.2 Å². The monoisotopic (exact) mass is 289 g/mol. The Balaban J connectivity index is 2.18. The van der Waals surface area contributed by atoms with Crippen LogP contribution in [0.25, 0.3) is 22.6 Å². The summed E-state index contributed by atoms with van der Waals surface area (Å²) >= 11 is 11.9. The van der Waals surface area contributed by atoms with Gasteiger partial charge in [0.1, 0.15) is 5.69 Å². The van der Waals surface area contributed by atoms with E-state index in [0.717, 1.165) is 11.1 Å². The van der Waals surface area contributed by atoms with Crippen LogP contribution in [-0.4, -0.2) is 4.98 Å². The van der Waals surface area contributed by atoms with Crippen LogP contribution in [0.2, 0.25) is 10.4 Å². The third kappa shape index (κ3) is 2.50. The van der Waals surface area contributed by atoms with Gasteiger partial charge in [-0.2, -0.15) is 4.98 Å². The summed E-state index contributed by atoms with van der Waals surface area (Å²) in [4.78, 5) is 4.24. The molecule has 0 saturated carbocycles. The molecule has 2 nitrogen and oxygen atoms in total. The van der Waals surface area contributed by atoms with Crippen molar-refractivity contribution in [2.24, 2.45) is 0 Å². The second-order valence-electron chi connectivity index (χ2n) is 4.02. The predicted molar refractivity (Wildman–Crippen MR) is 77.4 cm³/mol. The molecule has 0 N–H and O–H groups in total. The molecule has 0 spiro atoms. The molecule has 94 valence electrons. The number of hydrogen-bond acceptors (Lipinski definition) is 2. The maximum atomic E-state index is 6.01. The summed E-state index contributed by atoms with van der Waals surface area (Å²) in [6.07, 6.45) is 0. The van der Waals surface area contributed by atoms with Crippen LogP contribution in [-0.2, 0) is 0 Å². The van der Waals surface area contributed by atoms with E-state index in [1.54, 1.807) is 0 Å². The SMILES string of the molecule is Clc1cccc(-c2nc(Cl)oc2-c2ccccc2)c1. The molecule has 3 rings (SSSR count). The van der Waals surface area contributed by atoms with Crippen LogP contribution in [0.1, 0.15) is 0 Å². The van der Waals surface area contributed by atoms with Crippen LogP contribution in [0, 0.1) is 0 Å². The molecule has 0 amide bonds. The Morgan fingerprint density at radius 3 is 2.32 bits per heavy atom. The Labute approximate surface area is 120 Å². The van der Waals surface area contributed by atoms with E-state index in [4.69, 9.17) is 27.6 Å². The first-order chi connectivity index (χ1) is 9.24. The first-order valence-corrected chi connectivity index (χ1v) is 6.47. The van der Waals surface area contributed by atoms with Gasteiger partial charge in [-0.15, -0.1) is 0 Å². The lowest BCUT2D eigenvalue weighted by atomic mass is 10.1. The molecule has 19 heavy (non-hydrogen) atoms. The van der Waals surface area contributed by atoms with E-state index in [0.29, 0.717) is 16.5 Å². The third-order valence-corrected chi connectivity index (χ3v) is 3.13. The van der Waals surface area contributed by atoms with Crippen LogP contribution in [0.15, 0.2) is 59.0 Å². The van der Waals surface area contributed by atoms with E-state index in [-0.39, 0.29) is 5.35 Å². The summed E-state index contributed by atoms with van der Waals surface area (Å²) < 4.78 is 5.51. The van der Waals surface area contributed by atoms with Crippen molar-refractivity contribution in [1.29, 1.82) is 0 Å². The van der Waals surface area contributed by atoms with Crippen molar-refractivity contribution in [3.63, 3.8) is 0 Å². The van der Waals surface area contributed by atoms with E-state index >= 15 is 0 Å². The van der Waals surface area contributed by atoms with Gasteiger partial charge >= 0.3 is 0 Å². The van der Waals surface area contributed by atoms with Gasteiger partial charge in [-0.3, -0.25) is 0 Å². The number of halogens is 2. The van der Waals surface area contributed by atoms with Gasteiger partial charge < -0.3 is 4.42 Å². The van der Waals surface area contributed by atoms with Crippen molar-refractivity contribution in [2.45, 2.75) is 0 Å². The maximum absolute atomic E-state index is 6.01. The molecule has 0 radical (unpaired) electrons. The highest BCUT2D eigenvalue weighted by Crippen LogP contribution is 2.34. The van der Waals surface area contributed by atoms with E-state index in [1.165, 1.54) is 0 Å². The number of oxazole rings is 1. The lowest BCUT2D eigenvalue weighted by Crippen LogP contribution is -1.82. The zero-order chi connectivity index (χ0) is 13.2. The summed E-state index contributed by atoms with van der Waals surface area (Å²) in [5.41, 5.74) is 2.50. The standard InChI is InChI=1S/C15H9Cl2NO/c16-12-8-4-7-11(9-12)13-14(19-15(17)18-13)10-5-2-1-3-6-10/h1-9H. The van der Waals surface area contributed by atoms with Gasteiger partial charge in [-0.05, 0) is 23.7 Å². The molecule has 1 aromatic heterocycles. The maximum Gasteiger partial charge on any atom is 0.293 e. The minimum absolute atomic E-state index is 0.119. The molecule has 4 heteroatoms. The zero-order valence-electron chi connectivity index (χ0n) is 9.81. The number of benzene rings is 2. The predicted octanol–water partition coefficient (Wildman–Crippen LogP) is 5.32.